The molecule has 0 saturated heterocycles. The summed E-state index contributed by atoms with van der Waals surface area (Å²) in [5.41, 5.74) is 1.47. The van der Waals surface area contributed by atoms with Gasteiger partial charge in [-0.3, -0.25) is 4.40 Å². The number of hydrogen-bond donors (Lipinski definition) is 1. The van der Waals surface area contributed by atoms with E-state index in [4.69, 9.17) is 0 Å². The first kappa shape index (κ1) is 12.6. The molecule has 0 spiro atoms. The third-order valence-corrected chi connectivity index (χ3v) is 2.62. The van der Waals surface area contributed by atoms with Gasteiger partial charge in [0, 0.05) is 18.8 Å². The zero-order valence-electron chi connectivity index (χ0n) is 10.8. The van der Waals surface area contributed by atoms with E-state index < -0.39 is 0 Å². The molecule has 0 aliphatic heterocycles. The van der Waals surface area contributed by atoms with E-state index in [2.05, 4.69) is 30.8 Å². The highest BCUT2D eigenvalue weighted by Crippen LogP contribution is 1.98. The van der Waals surface area contributed by atoms with E-state index in [9.17, 15) is 4.79 Å². The van der Waals surface area contributed by atoms with Crippen LogP contribution in [-0.2, 0) is 6.54 Å². The molecule has 0 atom stereocenters. The molecular formula is C13H18N4O. The molecule has 0 bridgehead atoms. The van der Waals surface area contributed by atoms with Crippen LogP contribution in [0.5, 0.6) is 0 Å². The van der Waals surface area contributed by atoms with Crippen molar-refractivity contribution >= 4 is 5.65 Å². The Hall–Kier alpha value is -1.88. The first-order valence-electron chi connectivity index (χ1n) is 6.02. The summed E-state index contributed by atoms with van der Waals surface area (Å²) in [6.45, 7) is 9.25. The molecule has 2 heterocycles. The Morgan fingerprint density at radius 1 is 1.50 bits per heavy atom. The number of nitrogens with one attached hydrogen (secondary N) is 1. The van der Waals surface area contributed by atoms with Gasteiger partial charge >= 0.3 is 5.69 Å². The molecule has 0 saturated carbocycles. The summed E-state index contributed by atoms with van der Waals surface area (Å²) in [5.74, 6) is 0. The molecule has 18 heavy (non-hydrogen) atoms. The fraction of sp³-hybridized carbons (Fsp3) is 0.385. The van der Waals surface area contributed by atoms with Gasteiger partial charge in [0.05, 0.1) is 6.54 Å². The lowest BCUT2D eigenvalue weighted by molar-refractivity contribution is 0.581. The highest BCUT2D eigenvalue weighted by molar-refractivity contribution is 5.35. The minimum Gasteiger partial charge on any atom is -0.311 e. The van der Waals surface area contributed by atoms with Gasteiger partial charge in [0.15, 0.2) is 5.65 Å². The summed E-state index contributed by atoms with van der Waals surface area (Å²) in [4.78, 5) is 12.0. The van der Waals surface area contributed by atoms with Gasteiger partial charge in [0.1, 0.15) is 0 Å². The van der Waals surface area contributed by atoms with Crippen LogP contribution >= 0.6 is 0 Å². The van der Waals surface area contributed by atoms with E-state index in [0.29, 0.717) is 24.8 Å². The maximum Gasteiger partial charge on any atom is 0.350 e. The number of nitrogens with zero attached hydrogens (tertiary/aromatic N) is 3. The molecule has 0 radical (unpaired) electrons. The van der Waals surface area contributed by atoms with Crippen LogP contribution in [0, 0.1) is 0 Å². The average Bonchev–Trinajstić information content (AvgIpc) is 2.65. The Labute approximate surface area is 106 Å². The smallest absolute Gasteiger partial charge is 0.311 e. The number of aromatic nitrogens is 3. The summed E-state index contributed by atoms with van der Waals surface area (Å²) in [7, 11) is 0. The average molecular weight is 246 g/mol. The Morgan fingerprint density at radius 2 is 2.28 bits per heavy atom. The molecule has 2 aromatic rings. The van der Waals surface area contributed by atoms with Crippen LogP contribution in [0.15, 0.2) is 41.3 Å². The van der Waals surface area contributed by atoms with Gasteiger partial charge in [-0.1, -0.05) is 26.5 Å². The monoisotopic (exact) mass is 246 g/mol. The van der Waals surface area contributed by atoms with Gasteiger partial charge in [0.25, 0.3) is 0 Å². The number of fused-ring (bicyclic) bond motifs is 1. The standard InChI is InChI=1S/C13H18N4O/c1-10(2)14-8-11(3)9-17-13(18)16-7-5-4-6-12(16)15-17/h4-7,10,14H,3,8-9H2,1-2H3. The van der Waals surface area contributed by atoms with Gasteiger partial charge < -0.3 is 5.32 Å². The topological polar surface area (TPSA) is 51.3 Å². The van der Waals surface area contributed by atoms with Gasteiger partial charge in [0.2, 0.25) is 0 Å². The van der Waals surface area contributed by atoms with Crippen molar-refractivity contribution in [3.63, 3.8) is 0 Å². The van der Waals surface area contributed by atoms with Crippen LogP contribution in [0.3, 0.4) is 0 Å². The molecule has 0 aliphatic carbocycles. The van der Waals surface area contributed by atoms with Crippen molar-refractivity contribution in [3.8, 4) is 0 Å². The quantitative estimate of drug-likeness (QED) is 0.802. The van der Waals surface area contributed by atoms with E-state index in [0.717, 1.165) is 5.57 Å². The van der Waals surface area contributed by atoms with Crippen molar-refractivity contribution in [2.75, 3.05) is 6.54 Å². The summed E-state index contributed by atoms with van der Waals surface area (Å²) in [6.07, 6.45) is 1.72. The minimum atomic E-state index is -0.128. The van der Waals surface area contributed by atoms with Crippen LogP contribution in [0.1, 0.15) is 13.8 Å². The molecule has 0 aliphatic rings. The van der Waals surface area contributed by atoms with Crippen molar-refractivity contribution in [2.45, 2.75) is 26.4 Å². The lowest BCUT2D eigenvalue weighted by Gasteiger charge is -2.09. The number of hydrogen-bond acceptors (Lipinski definition) is 3. The van der Waals surface area contributed by atoms with Crippen molar-refractivity contribution in [2.24, 2.45) is 0 Å². The van der Waals surface area contributed by atoms with Crippen LogP contribution in [0.2, 0.25) is 0 Å². The highest BCUT2D eigenvalue weighted by atomic mass is 16.2. The molecule has 0 amide bonds. The summed E-state index contributed by atoms with van der Waals surface area (Å²) in [6, 6.07) is 5.89. The SMILES string of the molecule is C=C(CNC(C)C)Cn1nc2ccccn2c1=O. The lowest BCUT2D eigenvalue weighted by atomic mass is 10.3. The highest BCUT2D eigenvalue weighted by Gasteiger charge is 2.06. The molecule has 2 aromatic heterocycles. The molecule has 0 aromatic carbocycles. The molecular weight excluding hydrogens is 228 g/mol. The minimum absolute atomic E-state index is 0.128. The fourth-order valence-corrected chi connectivity index (χ4v) is 1.69. The molecule has 2 rings (SSSR count). The normalized spacial score (nSPS) is 11.3. The molecule has 5 heteroatoms. The molecule has 1 N–H and O–H groups in total. The van der Waals surface area contributed by atoms with Crippen LogP contribution < -0.4 is 11.0 Å². The Kier molecular flexibility index (Phi) is 3.62. The molecule has 5 nitrogen and oxygen atoms in total. The third kappa shape index (κ3) is 2.68. The van der Waals surface area contributed by atoms with Crippen molar-refractivity contribution < 1.29 is 0 Å². The summed E-state index contributed by atoms with van der Waals surface area (Å²) in [5, 5.41) is 7.53. The van der Waals surface area contributed by atoms with Gasteiger partial charge in [-0.2, -0.15) is 0 Å². The second-order valence-corrected chi connectivity index (χ2v) is 4.65. The first-order valence-corrected chi connectivity index (χ1v) is 6.02. The Bertz CT molecular complexity index is 609. The second-order valence-electron chi connectivity index (χ2n) is 4.65. The zero-order valence-corrected chi connectivity index (χ0v) is 10.8. The van der Waals surface area contributed by atoms with Crippen molar-refractivity contribution in [1.29, 1.82) is 0 Å². The molecule has 0 unspecified atom stereocenters. The van der Waals surface area contributed by atoms with Gasteiger partial charge in [-0.05, 0) is 17.7 Å². The largest absolute Gasteiger partial charge is 0.350 e. The predicted octanol–water partition coefficient (Wildman–Crippen LogP) is 1.05. The van der Waals surface area contributed by atoms with E-state index in [1.54, 1.807) is 6.20 Å². The van der Waals surface area contributed by atoms with Crippen LogP contribution in [0.4, 0.5) is 0 Å². The maximum atomic E-state index is 12.0. The maximum absolute atomic E-state index is 12.0. The van der Waals surface area contributed by atoms with E-state index in [-0.39, 0.29) is 5.69 Å². The number of rotatable bonds is 5. The van der Waals surface area contributed by atoms with Crippen molar-refractivity contribution in [3.05, 3.63) is 47.0 Å². The second kappa shape index (κ2) is 5.18. The Morgan fingerprint density at radius 3 is 2.94 bits per heavy atom. The van der Waals surface area contributed by atoms with E-state index in [1.165, 1.54) is 9.08 Å². The fourth-order valence-electron chi connectivity index (χ4n) is 1.69. The van der Waals surface area contributed by atoms with Crippen molar-refractivity contribution in [1.82, 2.24) is 19.5 Å². The predicted molar refractivity (Wildman–Crippen MR) is 71.7 cm³/mol. The molecule has 0 fully saturated rings. The van der Waals surface area contributed by atoms with E-state index >= 15 is 0 Å². The van der Waals surface area contributed by atoms with Gasteiger partial charge in [-0.25, -0.2) is 9.48 Å². The summed E-state index contributed by atoms with van der Waals surface area (Å²) < 4.78 is 2.98. The van der Waals surface area contributed by atoms with E-state index in [1.807, 2.05) is 18.2 Å². The molecule has 96 valence electrons. The third-order valence-electron chi connectivity index (χ3n) is 2.62. The first-order chi connectivity index (χ1) is 8.58. The number of pyridine rings is 1. The van der Waals surface area contributed by atoms with Gasteiger partial charge in [-0.15, -0.1) is 5.10 Å². The lowest BCUT2D eigenvalue weighted by Crippen LogP contribution is -2.28. The van der Waals surface area contributed by atoms with Crippen LogP contribution in [0.25, 0.3) is 5.65 Å². The Balaban J connectivity index is 2.15. The summed E-state index contributed by atoms with van der Waals surface area (Å²) >= 11 is 0. The van der Waals surface area contributed by atoms with Crippen LogP contribution in [-0.4, -0.2) is 26.8 Å². The zero-order chi connectivity index (χ0) is 13.1.